The van der Waals surface area contributed by atoms with E-state index in [2.05, 4.69) is 49.2 Å². The summed E-state index contributed by atoms with van der Waals surface area (Å²) in [4.78, 5) is 2.30. The van der Waals surface area contributed by atoms with Crippen LogP contribution in [-0.4, -0.2) is 43.6 Å². The van der Waals surface area contributed by atoms with Crippen LogP contribution in [0.4, 0.5) is 5.69 Å². The molecule has 0 saturated carbocycles. The lowest BCUT2D eigenvalue weighted by molar-refractivity contribution is -0.0421. The van der Waals surface area contributed by atoms with Crippen LogP contribution in [-0.2, 0) is 11.3 Å². The van der Waals surface area contributed by atoms with Crippen LogP contribution < -0.4 is 10.2 Å². The number of benzene rings is 1. The van der Waals surface area contributed by atoms with Gasteiger partial charge in [-0.15, -0.1) is 0 Å². The van der Waals surface area contributed by atoms with Gasteiger partial charge in [-0.1, -0.05) is 13.0 Å². The third-order valence-electron chi connectivity index (χ3n) is 3.79. The first-order chi connectivity index (χ1) is 9.63. The molecule has 1 heterocycles. The molecule has 112 valence electrons. The van der Waals surface area contributed by atoms with Crippen LogP contribution in [0.25, 0.3) is 0 Å². The summed E-state index contributed by atoms with van der Waals surface area (Å²) in [5, 5.41) is 12.7. The highest BCUT2D eigenvalue weighted by Gasteiger charge is 2.24. The van der Waals surface area contributed by atoms with Crippen molar-refractivity contribution in [3.8, 4) is 0 Å². The molecule has 2 N–H and O–H groups in total. The van der Waals surface area contributed by atoms with Crippen molar-refractivity contribution < 1.29 is 9.84 Å². The van der Waals surface area contributed by atoms with E-state index in [-0.39, 0.29) is 18.8 Å². The van der Waals surface area contributed by atoms with Crippen molar-refractivity contribution in [3.63, 3.8) is 0 Å². The molecule has 0 spiro atoms. The number of nitrogens with zero attached hydrogens (tertiary/aromatic N) is 1. The Hall–Kier alpha value is -1.10. The molecule has 2 atom stereocenters. The van der Waals surface area contributed by atoms with Gasteiger partial charge in [0.05, 0.1) is 18.8 Å². The van der Waals surface area contributed by atoms with Gasteiger partial charge in [0, 0.05) is 25.3 Å². The molecule has 0 aromatic heterocycles. The Labute approximate surface area is 121 Å². The number of morpholine rings is 1. The van der Waals surface area contributed by atoms with E-state index < -0.39 is 0 Å². The number of nitrogens with one attached hydrogen (secondary N) is 1. The monoisotopic (exact) mass is 278 g/mol. The third-order valence-corrected chi connectivity index (χ3v) is 3.79. The van der Waals surface area contributed by atoms with E-state index in [0.29, 0.717) is 0 Å². The Morgan fingerprint density at radius 3 is 2.85 bits per heavy atom. The van der Waals surface area contributed by atoms with E-state index in [9.17, 15) is 5.11 Å². The maximum absolute atomic E-state index is 9.31. The van der Waals surface area contributed by atoms with Crippen molar-refractivity contribution in [2.45, 2.75) is 39.5 Å². The molecule has 1 fully saturated rings. The number of aliphatic hydroxyl groups is 1. The van der Waals surface area contributed by atoms with Crippen molar-refractivity contribution in [3.05, 3.63) is 29.3 Å². The van der Waals surface area contributed by atoms with Crippen LogP contribution in [0.3, 0.4) is 0 Å². The Bertz CT molecular complexity index is 436. The van der Waals surface area contributed by atoms with E-state index in [1.54, 1.807) is 0 Å². The van der Waals surface area contributed by atoms with Gasteiger partial charge in [0.15, 0.2) is 0 Å². The lowest BCUT2D eigenvalue weighted by Crippen LogP contribution is -2.48. The van der Waals surface area contributed by atoms with Gasteiger partial charge in [0.2, 0.25) is 0 Å². The van der Waals surface area contributed by atoms with E-state index >= 15 is 0 Å². The van der Waals surface area contributed by atoms with Crippen LogP contribution >= 0.6 is 0 Å². The molecule has 2 rings (SSSR count). The summed E-state index contributed by atoms with van der Waals surface area (Å²) < 4.78 is 5.69. The summed E-state index contributed by atoms with van der Waals surface area (Å²) in [6.07, 6.45) is 0.0723. The normalized spacial score (nSPS) is 23.1. The first-order valence-corrected chi connectivity index (χ1v) is 7.45. The van der Waals surface area contributed by atoms with Gasteiger partial charge in [-0.2, -0.15) is 0 Å². The Morgan fingerprint density at radius 1 is 1.40 bits per heavy atom. The predicted molar refractivity (Wildman–Crippen MR) is 82.2 cm³/mol. The van der Waals surface area contributed by atoms with E-state index in [1.807, 2.05) is 0 Å². The first kappa shape index (κ1) is 15.3. The zero-order chi connectivity index (χ0) is 14.5. The fourth-order valence-electron chi connectivity index (χ4n) is 2.69. The summed E-state index contributed by atoms with van der Waals surface area (Å²) in [5.41, 5.74) is 3.87. The van der Waals surface area contributed by atoms with E-state index in [1.165, 1.54) is 16.8 Å². The Morgan fingerprint density at radius 2 is 2.20 bits per heavy atom. The van der Waals surface area contributed by atoms with Crippen molar-refractivity contribution in [1.29, 1.82) is 0 Å². The van der Waals surface area contributed by atoms with Crippen molar-refractivity contribution in [2.24, 2.45) is 0 Å². The number of ether oxygens (including phenoxy) is 1. The molecule has 4 nitrogen and oxygen atoms in total. The van der Waals surface area contributed by atoms with Crippen molar-refractivity contribution in [2.75, 3.05) is 31.1 Å². The number of aryl methyl sites for hydroxylation is 1. The zero-order valence-electron chi connectivity index (χ0n) is 12.7. The van der Waals surface area contributed by atoms with Crippen LogP contribution in [0.2, 0.25) is 0 Å². The highest BCUT2D eigenvalue weighted by Crippen LogP contribution is 2.23. The molecule has 20 heavy (non-hydrogen) atoms. The second-order valence-corrected chi connectivity index (χ2v) is 5.55. The predicted octanol–water partition coefficient (Wildman–Crippen LogP) is 1.69. The summed E-state index contributed by atoms with van der Waals surface area (Å²) in [6, 6.07) is 6.60. The standard InChI is InChI=1S/C16H26N2O2/c1-4-17-8-14-5-6-15(7-12(14)2)18-9-13(3)20-16(10-18)11-19/h5-7,13,16-17,19H,4,8-11H2,1-3H3. The molecule has 1 aromatic rings. The number of anilines is 1. The zero-order valence-corrected chi connectivity index (χ0v) is 12.7. The van der Waals surface area contributed by atoms with Gasteiger partial charge >= 0.3 is 0 Å². The third kappa shape index (κ3) is 3.72. The number of hydrogen-bond acceptors (Lipinski definition) is 4. The fourth-order valence-corrected chi connectivity index (χ4v) is 2.69. The highest BCUT2D eigenvalue weighted by atomic mass is 16.5. The lowest BCUT2D eigenvalue weighted by atomic mass is 10.1. The van der Waals surface area contributed by atoms with Crippen molar-refractivity contribution >= 4 is 5.69 Å². The van der Waals surface area contributed by atoms with Crippen LogP contribution in [0.5, 0.6) is 0 Å². The Balaban J connectivity index is 2.10. The van der Waals surface area contributed by atoms with Gasteiger partial charge in [-0.05, 0) is 43.7 Å². The van der Waals surface area contributed by atoms with E-state index in [0.717, 1.165) is 26.2 Å². The molecule has 4 heteroatoms. The SMILES string of the molecule is CCNCc1ccc(N2CC(C)OC(CO)C2)cc1C. The largest absolute Gasteiger partial charge is 0.394 e. The van der Waals surface area contributed by atoms with Crippen LogP contribution in [0.1, 0.15) is 25.0 Å². The van der Waals surface area contributed by atoms with E-state index in [4.69, 9.17) is 4.74 Å². The minimum absolute atomic E-state index is 0.0817. The average Bonchev–Trinajstić information content (AvgIpc) is 2.45. The molecule has 0 bridgehead atoms. The van der Waals surface area contributed by atoms with Crippen LogP contribution in [0, 0.1) is 6.92 Å². The molecular formula is C16H26N2O2. The quantitative estimate of drug-likeness (QED) is 0.860. The second-order valence-electron chi connectivity index (χ2n) is 5.55. The second kappa shape index (κ2) is 7.07. The molecular weight excluding hydrogens is 252 g/mol. The summed E-state index contributed by atoms with van der Waals surface area (Å²) in [7, 11) is 0. The first-order valence-electron chi connectivity index (χ1n) is 7.45. The molecule has 1 aliphatic heterocycles. The van der Waals surface area contributed by atoms with Crippen molar-refractivity contribution in [1.82, 2.24) is 5.32 Å². The lowest BCUT2D eigenvalue weighted by Gasteiger charge is -2.37. The molecule has 0 radical (unpaired) electrons. The average molecular weight is 278 g/mol. The van der Waals surface area contributed by atoms with Gasteiger partial charge in [0.1, 0.15) is 0 Å². The van der Waals surface area contributed by atoms with Gasteiger partial charge in [0.25, 0.3) is 0 Å². The van der Waals surface area contributed by atoms with Gasteiger partial charge in [-0.25, -0.2) is 0 Å². The molecule has 1 saturated heterocycles. The molecule has 0 aliphatic carbocycles. The Kier molecular flexibility index (Phi) is 5.40. The summed E-state index contributed by atoms with van der Waals surface area (Å²) in [6.45, 7) is 9.95. The molecule has 2 unspecified atom stereocenters. The highest BCUT2D eigenvalue weighted by molar-refractivity contribution is 5.51. The molecule has 1 aromatic carbocycles. The van der Waals surface area contributed by atoms with Gasteiger partial charge < -0.3 is 20.1 Å². The van der Waals surface area contributed by atoms with Gasteiger partial charge in [-0.3, -0.25) is 0 Å². The number of hydrogen-bond donors (Lipinski definition) is 2. The number of aliphatic hydroxyl groups excluding tert-OH is 1. The maximum atomic E-state index is 9.31. The fraction of sp³-hybridized carbons (Fsp3) is 0.625. The smallest absolute Gasteiger partial charge is 0.0984 e. The molecule has 1 aliphatic rings. The maximum Gasteiger partial charge on any atom is 0.0984 e. The minimum Gasteiger partial charge on any atom is -0.394 e. The molecule has 0 amide bonds. The minimum atomic E-state index is -0.0829. The summed E-state index contributed by atoms with van der Waals surface area (Å²) >= 11 is 0. The summed E-state index contributed by atoms with van der Waals surface area (Å²) in [5.74, 6) is 0. The number of rotatable bonds is 5. The van der Waals surface area contributed by atoms with Crippen LogP contribution in [0.15, 0.2) is 18.2 Å². The topological polar surface area (TPSA) is 44.7 Å².